The van der Waals surface area contributed by atoms with Gasteiger partial charge in [-0.15, -0.1) is 0 Å². The monoisotopic (exact) mass is 445 g/mol. The fourth-order valence-corrected chi connectivity index (χ4v) is 3.54. The van der Waals surface area contributed by atoms with Crippen LogP contribution in [0.15, 0.2) is 18.2 Å². The van der Waals surface area contributed by atoms with Crippen LogP contribution in [0.2, 0.25) is 5.02 Å². The normalized spacial score (nSPS) is 27.4. The van der Waals surface area contributed by atoms with Gasteiger partial charge in [0.1, 0.15) is 23.6 Å². The van der Waals surface area contributed by atoms with Gasteiger partial charge in [0.05, 0.1) is 17.2 Å². The van der Waals surface area contributed by atoms with E-state index in [9.17, 15) is 34.1 Å². The number of hydrogen-bond donors (Lipinski definition) is 6. The van der Waals surface area contributed by atoms with E-state index < -0.39 is 66.3 Å². The van der Waals surface area contributed by atoms with Gasteiger partial charge in [-0.3, -0.25) is 14.4 Å². The number of amides is 3. The SMILES string of the molecule is CC(C)[C@@H](NC(=O)[C@]1(O)C[C@@H](O)[C@H](O)[C@@H](NC(=O)c2ccc(F)c(Cl)c2)C1)C(N)=O. The van der Waals surface area contributed by atoms with E-state index in [1.807, 2.05) is 0 Å². The molecule has 11 heteroatoms. The molecule has 0 aliphatic heterocycles. The molecule has 5 atom stereocenters. The summed E-state index contributed by atoms with van der Waals surface area (Å²) in [6.45, 7) is 3.30. The van der Waals surface area contributed by atoms with E-state index >= 15 is 0 Å². The van der Waals surface area contributed by atoms with Crippen LogP contribution in [-0.2, 0) is 9.59 Å². The highest BCUT2D eigenvalue weighted by atomic mass is 35.5. The second kappa shape index (κ2) is 9.25. The fraction of sp³-hybridized carbons (Fsp3) is 0.526. The highest BCUT2D eigenvalue weighted by Crippen LogP contribution is 2.30. The number of nitrogens with two attached hydrogens (primary N) is 1. The lowest BCUT2D eigenvalue weighted by atomic mass is 9.77. The van der Waals surface area contributed by atoms with Crippen molar-refractivity contribution in [3.8, 4) is 0 Å². The standard InChI is InChI=1S/C19H25ClFN3O6/c1-8(2)14(16(22)27)24-18(29)19(30)6-12(15(26)13(25)7-19)23-17(28)9-3-4-11(21)10(20)5-9/h3-5,8,12-15,25-26,30H,6-7H2,1-2H3,(H2,22,27)(H,23,28)(H,24,29)/t12-,13+,14+,15+,19+/m0/s1. The van der Waals surface area contributed by atoms with Crippen LogP contribution in [-0.4, -0.2) is 62.9 Å². The summed E-state index contributed by atoms with van der Waals surface area (Å²) in [5.74, 6) is -3.59. The molecule has 9 nitrogen and oxygen atoms in total. The molecule has 0 bridgehead atoms. The Hall–Kier alpha value is -2.27. The lowest BCUT2D eigenvalue weighted by Crippen LogP contribution is -2.64. The molecular formula is C19H25ClFN3O6. The number of halogens is 2. The van der Waals surface area contributed by atoms with E-state index in [0.29, 0.717) is 0 Å². The Balaban J connectivity index is 2.19. The average molecular weight is 446 g/mol. The molecule has 0 radical (unpaired) electrons. The van der Waals surface area contributed by atoms with Crippen LogP contribution in [0.3, 0.4) is 0 Å². The summed E-state index contributed by atoms with van der Waals surface area (Å²) in [6.07, 6.45) is -3.97. The van der Waals surface area contributed by atoms with Crippen molar-refractivity contribution in [2.45, 2.75) is 56.6 Å². The van der Waals surface area contributed by atoms with E-state index in [4.69, 9.17) is 17.3 Å². The molecule has 0 heterocycles. The summed E-state index contributed by atoms with van der Waals surface area (Å²) in [6, 6.07) is 0.966. The summed E-state index contributed by atoms with van der Waals surface area (Å²) < 4.78 is 13.3. The summed E-state index contributed by atoms with van der Waals surface area (Å²) in [4.78, 5) is 36.6. The molecular weight excluding hydrogens is 421 g/mol. The maximum absolute atomic E-state index is 13.3. The van der Waals surface area contributed by atoms with Crippen molar-refractivity contribution in [3.63, 3.8) is 0 Å². The van der Waals surface area contributed by atoms with Crippen molar-refractivity contribution in [1.82, 2.24) is 10.6 Å². The molecule has 1 saturated carbocycles. The van der Waals surface area contributed by atoms with E-state index in [2.05, 4.69) is 10.6 Å². The molecule has 0 unspecified atom stereocenters. The minimum atomic E-state index is -2.18. The number of benzene rings is 1. The molecule has 2 rings (SSSR count). The first-order chi connectivity index (χ1) is 13.9. The van der Waals surface area contributed by atoms with E-state index in [1.165, 1.54) is 6.07 Å². The molecule has 0 saturated heterocycles. The zero-order valence-corrected chi connectivity index (χ0v) is 17.2. The van der Waals surface area contributed by atoms with Crippen LogP contribution >= 0.6 is 11.6 Å². The summed E-state index contributed by atoms with van der Waals surface area (Å²) in [7, 11) is 0. The van der Waals surface area contributed by atoms with Gasteiger partial charge >= 0.3 is 0 Å². The molecule has 1 fully saturated rings. The maximum Gasteiger partial charge on any atom is 0.252 e. The largest absolute Gasteiger partial charge is 0.390 e. The van der Waals surface area contributed by atoms with E-state index in [1.54, 1.807) is 13.8 Å². The van der Waals surface area contributed by atoms with Gasteiger partial charge in [0.15, 0.2) is 0 Å². The molecule has 3 amide bonds. The zero-order chi connectivity index (χ0) is 22.8. The number of rotatable bonds is 6. The first kappa shape index (κ1) is 24.0. The highest BCUT2D eigenvalue weighted by molar-refractivity contribution is 6.31. The minimum absolute atomic E-state index is 0.0183. The van der Waals surface area contributed by atoms with Gasteiger partial charge in [-0.05, 0) is 24.1 Å². The van der Waals surface area contributed by atoms with Crippen molar-refractivity contribution >= 4 is 29.3 Å². The number of carbonyl (C=O) groups excluding carboxylic acids is 3. The predicted molar refractivity (Wildman–Crippen MR) is 105 cm³/mol. The van der Waals surface area contributed by atoms with Crippen molar-refractivity contribution < 1.29 is 34.1 Å². The molecule has 1 aliphatic carbocycles. The first-order valence-electron chi connectivity index (χ1n) is 9.30. The summed E-state index contributed by atoms with van der Waals surface area (Å²) in [5.41, 5.74) is 3.07. The molecule has 1 aromatic carbocycles. The number of nitrogens with one attached hydrogen (secondary N) is 2. The average Bonchev–Trinajstić information content (AvgIpc) is 2.65. The van der Waals surface area contributed by atoms with Gasteiger partial charge in [-0.2, -0.15) is 0 Å². The Morgan fingerprint density at radius 2 is 1.90 bits per heavy atom. The van der Waals surface area contributed by atoms with Crippen molar-refractivity contribution in [2.24, 2.45) is 11.7 Å². The van der Waals surface area contributed by atoms with Gasteiger partial charge in [0.2, 0.25) is 5.91 Å². The van der Waals surface area contributed by atoms with Crippen LogP contribution < -0.4 is 16.4 Å². The Morgan fingerprint density at radius 3 is 2.43 bits per heavy atom. The second-order valence-electron chi connectivity index (χ2n) is 7.80. The van der Waals surface area contributed by atoms with Gasteiger partial charge in [-0.1, -0.05) is 25.4 Å². The highest BCUT2D eigenvalue weighted by Gasteiger charge is 2.49. The predicted octanol–water partition coefficient (Wildman–Crippen LogP) is -0.550. The third-order valence-corrected chi connectivity index (χ3v) is 5.38. The zero-order valence-electron chi connectivity index (χ0n) is 16.4. The van der Waals surface area contributed by atoms with Crippen molar-refractivity contribution in [3.05, 3.63) is 34.6 Å². The van der Waals surface area contributed by atoms with E-state index in [-0.39, 0.29) is 16.5 Å². The van der Waals surface area contributed by atoms with Crippen molar-refractivity contribution in [2.75, 3.05) is 0 Å². The van der Waals surface area contributed by atoms with Crippen LogP contribution in [0.4, 0.5) is 4.39 Å². The molecule has 7 N–H and O–H groups in total. The summed E-state index contributed by atoms with van der Waals surface area (Å²) >= 11 is 5.66. The van der Waals surface area contributed by atoms with Gasteiger partial charge in [-0.25, -0.2) is 4.39 Å². The van der Waals surface area contributed by atoms with Crippen LogP contribution in [0.1, 0.15) is 37.0 Å². The summed E-state index contributed by atoms with van der Waals surface area (Å²) in [5, 5.41) is 35.7. The molecule has 1 aliphatic rings. The topological polar surface area (TPSA) is 162 Å². The Labute approximate surface area is 177 Å². The number of aliphatic hydroxyl groups excluding tert-OH is 2. The van der Waals surface area contributed by atoms with Gasteiger partial charge in [0, 0.05) is 18.4 Å². The van der Waals surface area contributed by atoms with Gasteiger partial charge in [0.25, 0.3) is 11.8 Å². The maximum atomic E-state index is 13.3. The third kappa shape index (κ3) is 5.25. The van der Waals surface area contributed by atoms with Crippen LogP contribution in [0.25, 0.3) is 0 Å². The number of aliphatic hydroxyl groups is 3. The van der Waals surface area contributed by atoms with Crippen LogP contribution in [0, 0.1) is 11.7 Å². The second-order valence-corrected chi connectivity index (χ2v) is 8.21. The third-order valence-electron chi connectivity index (χ3n) is 5.09. The molecule has 0 aromatic heterocycles. The Morgan fingerprint density at radius 1 is 1.27 bits per heavy atom. The molecule has 0 spiro atoms. The fourth-order valence-electron chi connectivity index (χ4n) is 3.36. The van der Waals surface area contributed by atoms with Crippen molar-refractivity contribution in [1.29, 1.82) is 0 Å². The lowest BCUT2D eigenvalue weighted by Gasteiger charge is -2.42. The smallest absolute Gasteiger partial charge is 0.252 e. The first-order valence-corrected chi connectivity index (χ1v) is 9.68. The quantitative estimate of drug-likeness (QED) is 0.344. The number of carbonyl (C=O) groups is 3. The lowest BCUT2D eigenvalue weighted by molar-refractivity contribution is -0.159. The number of primary amides is 1. The molecule has 30 heavy (non-hydrogen) atoms. The Bertz CT molecular complexity index is 838. The molecule has 1 aromatic rings. The molecule has 166 valence electrons. The number of hydrogen-bond acceptors (Lipinski definition) is 6. The van der Waals surface area contributed by atoms with Crippen LogP contribution in [0.5, 0.6) is 0 Å². The van der Waals surface area contributed by atoms with E-state index in [0.717, 1.165) is 12.1 Å². The van der Waals surface area contributed by atoms with Gasteiger partial charge < -0.3 is 31.7 Å². The Kier molecular flexibility index (Phi) is 7.40. The minimum Gasteiger partial charge on any atom is -0.390 e.